The molecule has 0 bridgehead atoms. The van der Waals surface area contributed by atoms with Gasteiger partial charge in [0.1, 0.15) is 0 Å². The SMILES string of the molecule is c1ccc2c(c1)-c1ccccc1C21c2ccccc2-c2c1ccc1c(-c3cc(-c4cccc5c4sc4ccccc45)cc(-c4cccc5c4sc4ccccc45)c3)nc3ccccc3c21. The van der Waals surface area contributed by atoms with Crippen molar-refractivity contribution in [1.29, 1.82) is 0 Å². The van der Waals surface area contributed by atoms with Gasteiger partial charge in [0.2, 0.25) is 0 Å². The van der Waals surface area contributed by atoms with Gasteiger partial charge in [-0.3, -0.25) is 0 Å². The van der Waals surface area contributed by atoms with Crippen molar-refractivity contribution in [3.05, 3.63) is 235 Å². The van der Waals surface area contributed by atoms with Gasteiger partial charge in [-0.2, -0.15) is 0 Å². The number of nitrogens with zero attached hydrogens (tertiary/aromatic N) is 1. The van der Waals surface area contributed by atoms with Gasteiger partial charge >= 0.3 is 0 Å². The Hall–Kier alpha value is -7.69. The number of hydrogen-bond donors (Lipinski definition) is 0. The predicted molar refractivity (Wildman–Crippen MR) is 278 cm³/mol. The summed E-state index contributed by atoms with van der Waals surface area (Å²) in [4.78, 5) is 5.68. The molecule has 0 atom stereocenters. The summed E-state index contributed by atoms with van der Waals surface area (Å²) in [5.41, 5.74) is 18.2. The topological polar surface area (TPSA) is 12.9 Å². The third-order valence-electron chi connectivity index (χ3n) is 14.5. The number of aromatic nitrogens is 1. The lowest BCUT2D eigenvalue weighted by molar-refractivity contribution is 0.794. The van der Waals surface area contributed by atoms with E-state index in [1.807, 2.05) is 22.7 Å². The number of pyridine rings is 1. The fourth-order valence-corrected chi connectivity index (χ4v) is 14.3. The van der Waals surface area contributed by atoms with Gasteiger partial charge in [-0.15, -0.1) is 22.7 Å². The molecule has 0 unspecified atom stereocenters. The van der Waals surface area contributed by atoms with E-state index in [2.05, 4.69) is 212 Å². The quantitative estimate of drug-likeness (QED) is 0.161. The largest absolute Gasteiger partial charge is 0.247 e. The molecule has 0 saturated carbocycles. The maximum Gasteiger partial charge on any atom is 0.0788 e. The molecule has 2 aliphatic rings. The number of thiophene rings is 2. The van der Waals surface area contributed by atoms with Gasteiger partial charge in [0.15, 0.2) is 0 Å². The third kappa shape index (κ3) is 4.73. The summed E-state index contributed by atoms with van der Waals surface area (Å²) in [5.74, 6) is 0. The van der Waals surface area contributed by atoms with Crippen molar-refractivity contribution < 1.29 is 0 Å². The molecular weight excluding hydrogens is 823 g/mol. The van der Waals surface area contributed by atoms with Crippen LogP contribution in [0.25, 0.3) is 118 Å². The molecule has 0 saturated heterocycles. The Morgan fingerprint density at radius 3 is 1.40 bits per heavy atom. The molecule has 0 amide bonds. The van der Waals surface area contributed by atoms with Crippen molar-refractivity contribution in [3.63, 3.8) is 0 Å². The lowest BCUT2D eigenvalue weighted by Crippen LogP contribution is -2.25. The standard InChI is InChI=1S/C62H35NS2/c1-7-25-50-41(15-1)42-16-2-8-26-51(42)62(50)52-27-9-3-19-47(52)58-53(62)32-31-49-57(58)48-20-4-10-28-54(48)63-59(49)38-34-36(39-21-13-23-45-43-17-5-11-29-55(43)64-60(39)45)33-37(35-38)40-22-14-24-46-44-18-6-12-30-56(44)65-61(40)46/h1-35H. The maximum absolute atomic E-state index is 5.68. The Morgan fingerprint density at radius 2 is 0.785 bits per heavy atom. The van der Waals surface area contributed by atoms with Gasteiger partial charge < -0.3 is 0 Å². The Morgan fingerprint density at radius 1 is 0.323 bits per heavy atom. The molecule has 10 aromatic carbocycles. The minimum absolute atomic E-state index is 0.434. The molecule has 1 spiro atoms. The summed E-state index contributed by atoms with van der Waals surface area (Å²) in [6.45, 7) is 0. The Kier molecular flexibility index (Phi) is 7.25. The van der Waals surface area contributed by atoms with E-state index >= 15 is 0 Å². The van der Waals surface area contributed by atoms with E-state index in [1.54, 1.807) is 0 Å². The van der Waals surface area contributed by atoms with Crippen LogP contribution in [0.1, 0.15) is 22.3 Å². The molecule has 0 aliphatic heterocycles. The number of fused-ring (bicyclic) bond motifs is 20. The Bertz CT molecular complexity index is 4030. The average Bonchev–Trinajstić information content (AvgIpc) is 4.11. The first kappa shape index (κ1) is 35.7. The van der Waals surface area contributed by atoms with Crippen molar-refractivity contribution >= 4 is 84.7 Å². The molecule has 65 heavy (non-hydrogen) atoms. The van der Waals surface area contributed by atoms with Crippen LogP contribution in [-0.2, 0) is 5.41 Å². The minimum Gasteiger partial charge on any atom is -0.247 e. The molecular formula is C62H35NS2. The van der Waals surface area contributed by atoms with Crippen molar-refractivity contribution in [3.8, 4) is 55.8 Å². The summed E-state index contributed by atoms with van der Waals surface area (Å²) >= 11 is 3.78. The molecule has 15 rings (SSSR count). The lowest BCUT2D eigenvalue weighted by atomic mass is 9.70. The average molecular weight is 858 g/mol. The van der Waals surface area contributed by atoms with Crippen LogP contribution in [0.3, 0.4) is 0 Å². The van der Waals surface area contributed by atoms with Gasteiger partial charge in [-0.05, 0) is 103 Å². The fourth-order valence-electron chi connectivity index (χ4n) is 11.9. The summed E-state index contributed by atoms with van der Waals surface area (Å²) in [6, 6.07) is 79.5. The predicted octanol–water partition coefficient (Wildman–Crippen LogP) is 17.5. The summed E-state index contributed by atoms with van der Waals surface area (Å²) in [7, 11) is 0. The van der Waals surface area contributed by atoms with E-state index in [1.165, 1.54) is 118 Å². The summed E-state index contributed by atoms with van der Waals surface area (Å²) in [5, 5.41) is 8.82. The molecule has 3 heteroatoms. The fraction of sp³-hybridized carbons (Fsp3) is 0.0161. The van der Waals surface area contributed by atoms with Crippen molar-refractivity contribution in [2.45, 2.75) is 5.41 Å². The number of benzene rings is 10. The zero-order valence-electron chi connectivity index (χ0n) is 35.0. The maximum atomic E-state index is 5.68. The molecule has 300 valence electrons. The Labute approximate surface area is 383 Å². The normalized spacial score (nSPS) is 13.4. The summed E-state index contributed by atoms with van der Waals surface area (Å²) in [6.07, 6.45) is 0. The van der Waals surface area contributed by atoms with Crippen LogP contribution in [0.5, 0.6) is 0 Å². The molecule has 0 radical (unpaired) electrons. The van der Waals surface area contributed by atoms with Crippen LogP contribution in [-0.4, -0.2) is 4.98 Å². The second-order valence-electron chi connectivity index (χ2n) is 17.6. The second-order valence-corrected chi connectivity index (χ2v) is 19.7. The highest BCUT2D eigenvalue weighted by molar-refractivity contribution is 7.26. The smallest absolute Gasteiger partial charge is 0.0788 e. The van der Waals surface area contributed by atoms with Crippen LogP contribution in [0.15, 0.2) is 212 Å². The van der Waals surface area contributed by atoms with Gasteiger partial charge in [0, 0.05) is 62.1 Å². The summed E-state index contributed by atoms with van der Waals surface area (Å²) < 4.78 is 5.24. The van der Waals surface area contributed by atoms with Crippen LogP contribution >= 0.6 is 22.7 Å². The van der Waals surface area contributed by atoms with Crippen molar-refractivity contribution in [2.24, 2.45) is 0 Å². The van der Waals surface area contributed by atoms with E-state index in [9.17, 15) is 0 Å². The van der Waals surface area contributed by atoms with Crippen molar-refractivity contribution in [2.75, 3.05) is 0 Å². The van der Waals surface area contributed by atoms with Crippen LogP contribution < -0.4 is 0 Å². The van der Waals surface area contributed by atoms with Gasteiger partial charge in [0.25, 0.3) is 0 Å². The monoisotopic (exact) mass is 857 g/mol. The van der Waals surface area contributed by atoms with Crippen molar-refractivity contribution in [1.82, 2.24) is 4.98 Å². The first-order valence-corrected chi connectivity index (χ1v) is 24.0. The zero-order valence-corrected chi connectivity index (χ0v) is 36.6. The van der Waals surface area contributed by atoms with Crippen LogP contribution in [0, 0.1) is 0 Å². The highest BCUT2D eigenvalue weighted by Gasteiger charge is 2.52. The van der Waals surface area contributed by atoms with E-state index < -0.39 is 5.41 Å². The van der Waals surface area contributed by atoms with Crippen LogP contribution in [0.2, 0.25) is 0 Å². The molecule has 3 aromatic heterocycles. The third-order valence-corrected chi connectivity index (χ3v) is 16.9. The second kappa shape index (κ2) is 13.2. The molecule has 2 aliphatic carbocycles. The first-order chi connectivity index (χ1) is 32.2. The van der Waals surface area contributed by atoms with E-state index in [-0.39, 0.29) is 0 Å². The molecule has 0 N–H and O–H groups in total. The van der Waals surface area contributed by atoms with Gasteiger partial charge in [-0.25, -0.2) is 4.98 Å². The highest BCUT2D eigenvalue weighted by atomic mass is 32.1. The molecule has 3 heterocycles. The highest BCUT2D eigenvalue weighted by Crippen LogP contribution is 2.64. The molecule has 0 fully saturated rings. The van der Waals surface area contributed by atoms with Gasteiger partial charge in [0.05, 0.1) is 16.6 Å². The number of rotatable bonds is 3. The Balaban J connectivity index is 1.06. The zero-order chi connectivity index (χ0) is 42.4. The minimum atomic E-state index is -0.434. The van der Waals surface area contributed by atoms with E-state index in [0.29, 0.717) is 0 Å². The number of hydrogen-bond acceptors (Lipinski definition) is 3. The first-order valence-electron chi connectivity index (χ1n) is 22.4. The van der Waals surface area contributed by atoms with Crippen LogP contribution in [0.4, 0.5) is 0 Å². The van der Waals surface area contributed by atoms with E-state index in [4.69, 9.17) is 4.98 Å². The lowest BCUT2D eigenvalue weighted by Gasteiger charge is -2.30. The molecule has 1 nitrogen and oxygen atoms in total. The van der Waals surface area contributed by atoms with Gasteiger partial charge in [-0.1, -0.05) is 176 Å². The number of para-hydroxylation sites is 1. The van der Waals surface area contributed by atoms with E-state index in [0.717, 1.165) is 22.2 Å². The molecule has 13 aromatic rings.